The number of thiocarbonyl (C=S) groups is 1. The summed E-state index contributed by atoms with van der Waals surface area (Å²) in [7, 11) is 0. The van der Waals surface area contributed by atoms with Crippen molar-refractivity contribution in [2.75, 3.05) is 18.1 Å². The van der Waals surface area contributed by atoms with Gasteiger partial charge in [-0.2, -0.15) is 0 Å². The van der Waals surface area contributed by atoms with Gasteiger partial charge < -0.3 is 11.1 Å². The molecule has 0 amide bonds. The lowest BCUT2D eigenvalue weighted by Crippen LogP contribution is -2.15. The van der Waals surface area contributed by atoms with Crippen LogP contribution in [-0.4, -0.2) is 22.8 Å². The highest BCUT2D eigenvalue weighted by Gasteiger charge is 2.09. The number of hydrogen-bond donors (Lipinski definition) is 2. The van der Waals surface area contributed by atoms with E-state index in [9.17, 15) is 0 Å². The van der Waals surface area contributed by atoms with E-state index in [1.807, 2.05) is 49.0 Å². The molecule has 0 unspecified atom stereocenters. The molecule has 0 saturated heterocycles. The van der Waals surface area contributed by atoms with Crippen molar-refractivity contribution in [1.29, 1.82) is 0 Å². The van der Waals surface area contributed by atoms with Gasteiger partial charge in [-0.1, -0.05) is 18.3 Å². The second-order valence-corrected chi connectivity index (χ2v) is 5.57. The fourth-order valence-corrected chi connectivity index (χ4v) is 2.92. The van der Waals surface area contributed by atoms with E-state index in [4.69, 9.17) is 18.0 Å². The molecule has 3 nitrogen and oxygen atoms in total. The molecule has 0 radical (unpaired) electrons. The zero-order valence-electron chi connectivity index (χ0n) is 11.3. The maximum atomic E-state index is 5.84. The van der Waals surface area contributed by atoms with Crippen LogP contribution in [0.5, 0.6) is 0 Å². The summed E-state index contributed by atoms with van der Waals surface area (Å²) >= 11 is 6.82. The van der Waals surface area contributed by atoms with Gasteiger partial charge in [-0.25, -0.2) is 0 Å². The molecule has 1 aromatic carbocycles. The molecule has 0 fully saturated rings. The van der Waals surface area contributed by atoms with Gasteiger partial charge in [0.15, 0.2) is 0 Å². The minimum Gasteiger partial charge on any atom is -0.389 e. The van der Waals surface area contributed by atoms with Crippen molar-refractivity contribution in [3.8, 4) is 0 Å². The minimum atomic E-state index is 0.432. The van der Waals surface area contributed by atoms with E-state index < -0.39 is 0 Å². The number of nitrogens with one attached hydrogen (secondary N) is 1. The van der Waals surface area contributed by atoms with Gasteiger partial charge in [0, 0.05) is 35.1 Å². The van der Waals surface area contributed by atoms with Crippen LogP contribution < -0.4 is 11.1 Å². The van der Waals surface area contributed by atoms with Gasteiger partial charge in [-0.15, -0.1) is 11.8 Å². The van der Waals surface area contributed by atoms with Gasteiger partial charge in [0.25, 0.3) is 0 Å². The molecule has 1 aromatic heterocycles. The molecule has 0 bridgehead atoms. The number of anilines is 1. The molecule has 2 rings (SSSR count). The first-order chi connectivity index (χ1) is 9.72. The van der Waals surface area contributed by atoms with E-state index in [1.54, 1.807) is 11.8 Å². The zero-order chi connectivity index (χ0) is 14.4. The zero-order valence-corrected chi connectivity index (χ0v) is 12.9. The number of rotatable bonds is 6. The van der Waals surface area contributed by atoms with Gasteiger partial charge in [0.05, 0.1) is 0 Å². The number of thioether (sulfide) groups is 1. The van der Waals surface area contributed by atoms with Gasteiger partial charge in [-0.3, -0.25) is 4.98 Å². The lowest BCUT2D eigenvalue weighted by Gasteiger charge is -2.14. The van der Waals surface area contributed by atoms with Crippen molar-refractivity contribution in [3.63, 3.8) is 0 Å². The molecule has 1 heterocycles. The van der Waals surface area contributed by atoms with Gasteiger partial charge in [-0.05, 0) is 42.5 Å². The van der Waals surface area contributed by atoms with Gasteiger partial charge in [0.1, 0.15) is 4.99 Å². The fraction of sp³-hybridized carbons (Fsp3) is 0.200. The smallest absolute Gasteiger partial charge is 0.107 e. The Hall–Kier alpha value is -1.59. The first-order valence-corrected chi connectivity index (χ1v) is 7.95. The molecule has 20 heavy (non-hydrogen) atoms. The Morgan fingerprint density at radius 2 is 2.05 bits per heavy atom. The summed E-state index contributed by atoms with van der Waals surface area (Å²) in [5, 5.41) is 3.42. The molecule has 0 aliphatic carbocycles. The number of pyridine rings is 1. The van der Waals surface area contributed by atoms with Crippen molar-refractivity contribution in [3.05, 3.63) is 53.9 Å². The molecule has 0 saturated carbocycles. The third kappa shape index (κ3) is 3.71. The lowest BCUT2D eigenvalue weighted by atomic mass is 10.1. The second kappa shape index (κ2) is 7.26. The van der Waals surface area contributed by atoms with E-state index in [-0.39, 0.29) is 0 Å². The predicted octanol–water partition coefficient (Wildman–Crippen LogP) is 3.09. The van der Waals surface area contributed by atoms with Crippen molar-refractivity contribution in [2.45, 2.75) is 11.3 Å². The molecular weight excluding hydrogens is 286 g/mol. The first-order valence-electron chi connectivity index (χ1n) is 6.32. The quantitative estimate of drug-likeness (QED) is 0.634. The number of nitrogens with zero attached hydrogens (tertiary/aromatic N) is 1. The number of benzene rings is 1. The third-order valence-electron chi connectivity index (χ3n) is 2.97. The SMILES string of the molecule is CSc1cccc(NCCc2ccncc2)c1C(N)=S. The molecule has 104 valence electrons. The van der Waals surface area contributed by atoms with Crippen LogP contribution in [0.4, 0.5) is 5.69 Å². The van der Waals surface area contributed by atoms with Crippen LogP contribution in [0.15, 0.2) is 47.6 Å². The van der Waals surface area contributed by atoms with E-state index in [0.29, 0.717) is 4.99 Å². The van der Waals surface area contributed by atoms with Gasteiger partial charge >= 0.3 is 0 Å². The highest BCUT2D eigenvalue weighted by Crippen LogP contribution is 2.27. The topological polar surface area (TPSA) is 50.9 Å². The maximum Gasteiger partial charge on any atom is 0.107 e. The summed E-state index contributed by atoms with van der Waals surface area (Å²) in [6.45, 7) is 0.831. The van der Waals surface area contributed by atoms with E-state index in [1.165, 1.54) is 5.56 Å². The summed E-state index contributed by atoms with van der Waals surface area (Å²) in [4.78, 5) is 5.55. The van der Waals surface area contributed by atoms with Crippen molar-refractivity contribution < 1.29 is 0 Å². The molecule has 5 heteroatoms. The molecule has 2 aromatic rings. The number of hydrogen-bond acceptors (Lipinski definition) is 4. The third-order valence-corrected chi connectivity index (χ3v) is 3.96. The molecule has 0 aliphatic rings. The Morgan fingerprint density at radius 3 is 2.70 bits per heavy atom. The highest BCUT2D eigenvalue weighted by molar-refractivity contribution is 7.98. The Bertz CT molecular complexity index is 585. The second-order valence-electron chi connectivity index (χ2n) is 4.28. The Labute approximate surface area is 129 Å². The molecule has 0 atom stereocenters. The van der Waals surface area contributed by atoms with Crippen LogP contribution in [-0.2, 0) is 6.42 Å². The maximum absolute atomic E-state index is 5.84. The van der Waals surface area contributed by atoms with Crippen LogP contribution in [0.1, 0.15) is 11.1 Å². The van der Waals surface area contributed by atoms with Crippen LogP contribution in [0, 0.1) is 0 Å². The van der Waals surface area contributed by atoms with Crippen LogP contribution in [0.3, 0.4) is 0 Å². The van der Waals surface area contributed by atoms with Crippen LogP contribution >= 0.6 is 24.0 Å². The normalized spacial score (nSPS) is 10.2. The highest BCUT2D eigenvalue weighted by atomic mass is 32.2. The minimum absolute atomic E-state index is 0.432. The summed E-state index contributed by atoms with van der Waals surface area (Å²) in [5.41, 5.74) is 9.03. The average Bonchev–Trinajstić information content (AvgIpc) is 2.47. The van der Waals surface area contributed by atoms with Crippen LogP contribution in [0.25, 0.3) is 0 Å². The predicted molar refractivity (Wildman–Crippen MR) is 90.5 cm³/mol. The van der Waals surface area contributed by atoms with Gasteiger partial charge in [0.2, 0.25) is 0 Å². The fourth-order valence-electron chi connectivity index (χ4n) is 1.99. The van der Waals surface area contributed by atoms with E-state index >= 15 is 0 Å². The van der Waals surface area contributed by atoms with Crippen molar-refractivity contribution in [2.24, 2.45) is 5.73 Å². The van der Waals surface area contributed by atoms with Crippen LogP contribution in [0.2, 0.25) is 0 Å². The molecular formula is C15H17N3S2. The summed E-state index contributed by atoms with van der Waals surface area (Å²) in [5.74, 6) is 0. The molecule has 0 aliphatic heterocycles. The summed E-state index contributed by atoms with van der Waals surface area (Å²) < 4.78 is 0. The molecule has 0 spiro atoms. The summed E-state index contributed by atoms with van der Waals surface area (Å²) in [6.07, 6.45) is 6.58. The lowest BCUT2D eigenvalue weighted by molar-refractivity contribution is 1.01. The summed E-state index contributed by atoms with van der Waals surface area (Å²) in [6, 6.07) is 10.1. The Balaban J connectivity index is 2.08. The van der Waals surface area contributed by atoms with Crippen molar-refractivity contribution in [1.82, 2.24) is 4.98 Å². The first kappa shape index (κ1) is 14.8. The largest absolute Gasteiger partial charge is 0.389 e. The number of aromatic nitrogens is 1. The van der Waals surface area contributed by atoms with E-state index in [2.05, 4.69) is 10.3 Å². The number of nitrogens with two attached hydrogens (primary N) is 1. The monoisotopic (exact) mass is 303 g/mol. The van der Waals surface area contributed by atoms with E-state index in [0.717, 1.165) is 29.1 Å². The van der Waals surface area contributed by atoms with Crippen molar-refractivity contribution >= 4 is 34.7 Å². The molecule has 3 N–H and O–H groups in total. The standard InChI is InChI=1S/C15H17N3S2/c1-20-13-4-2-3-12(14(13)15(16)19)18-10-7-11-5-8-17-9-6-11/h2-6,8-9,18H,7,10H2,1H3,(H2,16,19). The average molecular weight is 303 g/mol. The Kier molecular flexibility index (Phi) is 5.38. The Morgan fingerprint density at radius 1 is 1.30 bits per heavy atom.